The Morgan fingerprint density at radius 1 is 1.54 bits per heavy atom. The van der Waals surface area contributed by atoms with Crippen LogP contribution in [0.3, 0.4) is 0 Å². The molecule has 1 aliphatic carbocycles. The predicted molar refractivity (Wildman–Crippen MR) is 59.2 cm³/mol. The van der Waals surface area contributed by atoms with E-state index in [9.17, 15) is 0 Å². The highest BCUT2D eigenvalue weighted by Crippen LogP contribution is 2.44. The Balaban J connectivity index is 2.33. The molecule has 1 nitrogen and oxygen atoms in total. The summed E-state index contributed by atoms with van der Waals surface area (Å²) in [4.78, 5) is 4.13. The first kappa shape index (κ1) is 10.5. The van der Waals surface area contributed by atoms with Gasteiger partial charge in [0.05, 0.1) is 0 Å². The molecule has 1 aliphatic rings. The zero-order chi connectivity index (χ0) is 9.68. The lowest BCUT2D eigenvalue weighted by atomic mass is 9.62. The Kier molecular flexibility index (Phi) is 4.20. The van der Waals surface area contributed by atoms with Crippen molar-refractivity contribution in [2.75, 3.05) is 7.05 Å². The van der Waals surface area contributed by atoms with Gasteiger partial charge in [0, 0.05) is 13.3 Å². The Morgan fingerprint density at radius 3 is 2.85 bits per heavy atom. The van der Waals surface area contributed by atoms with Gasteiger partial charge in [0.25, 0.3) is 0 Å². The van der Waals surface area contributed by atoms with Crippen LogP contribution in [0.1, 0.15) is 32.6 Å². The van der Waals surface area contributed by atoms with Gasteiger partial charge in [-0.15, -0.1) is 6.58 Å². The molecule has 74 valence electrons. The summed E-state index contributed by atoms with van der Waals surface area (Å²) in [6.45, 7) is 6.06. The van der Waals surface area contributed by atoms with Crippen molar-refractivity contribution >= 4 is 6.21 Å². The fourth-order valence-electron chi connectivity index (χ4n) is 2.52. The van der Waals surface area contributed by atoms with Gasteiger partial charge in [0.2, 0.25) is 0 Å². The van der Waals surface area contributed by atoms with E-state index < -0.39 is 0 Å². The topological polar surface area (TPSA) is 12.4 Å². The molecule has 1 fully saturated rings. The van der Waals surface area contributed by atoms with Crippen molar-refractivity contribution in [1.29, 1.82) is 0 Å². The molecule has 0 saturated heterocycles. The average Bonchev–Trinajstić information content (AvgIpc) is 2.10. The summed E-state index contributed by atoms with van der Waals surface area (Å²) in [5, 5.41) is 0. The summed E-state index contributed by atoms with van der Waals surface area (Å²) in [6, 6.07) is 0. The second-order valence-electron chi connectivity index (χ2n) is 4.01. The third-order valence-electron chi connectivity index (χ3n) is 3.28. The van der Waals surface area contributed by atoms with Crippen LogP contribution in [0.5, 0.6) is 0 Å². The van der Waals surface area contributed by atoms with Gasteiger partial charge in [-0.2, -0.15) is 0 Å². The molecule has 0 amide bonds. The molecule has 1 saturated carbocycles. The third-order valence-corrected chi connectivity index (χ3v) is 3.28. The number of hydrogen-bond donors (Lipinski definition) is 0. The van der Waals surface area contributed by atoms with Crippen LogP contribution in [-0.2, 0) is 0 Å². The molecule has 0 radical (unpaired) electrons. The van der Waals surface area contributed by atoms with Crippen molar-refractivity contribution in [3.05, 3.63) is 12.7 Å². The normalized spacial score (nSPS) is 33.2. The molecular formula is C12H21N. The summed E-state index contributed by atoms with van der Waals surface area (Å²) in [5.74, 6) is 2.60. The van der Waals surface area contributed by atoms with Crippen molar-refractivity contribution in [2.45, 2.75) is 32.6 Å². The molecule has 3 unspecified atom stereocenters. The molecule has 13 heavy (non-hydrogen) atoms. The number of nitrogens with zero attached hydrogens (tertiary/aromatic N) is 1. The van der Waals surface area contributed by atoms with Crippen LogP contribution in [0.15, 0.2) is 17.6 Å². The van der Waals surface area contributed by atoms with Gasteiger partial charge in [-0.3, -0.25) is 0 Å². The molecular weight excluding hydrogens is 158 g/mol. The van der Waals surface area contributed by atoms with Crippen molar-refractivity contribution < 1.29 is 0 Å². The van der Waals surface area contributed by atoms with E-state index in [-0.39, 0.29) is 0 Å². The van der Waals surface area contributed by atoms with Gasteiger partial charge in [0.15, 0.2) is 0 Å². The van der Waals surface area contributed by atoms with E-state index in [1.807, 2.05) is 13.1 Å². The van der Waals surface area contributed by atoms with Crippen LogP contribution in [0, 0.1) is 17.8 Å². The van der Waals surface area contributed by atoms with Crippen LogP contribution < -0.4 is 0 Å². The smallest absolute Gasteiger partial charge is 0.0273 e. The average molecular weight is 179 g/mol. The molecule has 0 aromatic rings. The highest BCUT2D eigenvalue weighted by atomic mass is 14.7. The summed E-state index contributed by atoms with van der Waals surface area (Å²) in [6.07, 6.45) is 9.34. The standard InChI is InChI=1S/C12H21N/c1-4-6-7-10-8-11(9-13-3)12(10)5-2/h4,9-12H,1,5-8H2,2-3H3/b13-9-. The first-order chi connectivity index (χ1) is 6.33. The quantitative estimate of drug-likeness (QED) is 0.453. The SMILES string of the molecule is C=CCCC1CC(/C=N\C)C1CC. The van der Waals surface area contributed by atoms with Crippen molar-refractivity contribution in [3.63, 3.8) is 0 Å². The minimum atomic E-state index is 0.768. The lowest BCUT2D eigenvalue weighted by molar-refractivity contribution is 0.114. The highest BCUT2D eigenvalue weighted by molar-refractivity contribution is 5.62. The monoisotopic (exact) mass is 179 g/mol. The molecule has 0 aromatic carbocycles. The van der Waals surface area contributed by atoms with Gasteiger partial charge < -0.3 is 4.99 Å². The number of allylic oxidation sites excluding steroid dienone is 1. The molecule has 0 heterocycles. The van der Waals surface area contributed by atoms with Crippen LogP contribution in [0.4, 0.5) is 0 Å². The summed E-state index contributed by atoms with van der Waals surface area (Å²) in [5.41, 5.74) is 0. The second kappa shape index (κ2) is 5.21. The lowest BCUT2D eigenvalue weighted by Gasteiger charge is -2.42. The second-order valence-corrected chi connectivity index (χ2v) is 4.01. The maximum absolute atomic E-state index is 4.13. The van der Waals surface area contributed by atoms with Gasteiger partial charge in [-0.05, 0) is 37.0 Å². The third kappa shape index (κ3) is 2.43. The van der Waals surface area contributed by atoms with E-state index in [1.54, 1.807) is 0 Å². The zero-order valence-electron chi connectivity index (χ0n) is 8.87. The highest BCUT2D eigenvalue weighted by Gasteiger charge is 2.37. The van der Waals surface area contributed by atoms with E-state index >= 15 is 0 Å². The minimum absolute atomic E-state index is 0.768. The van der Waals surface area contributed by atoms with E-state index in [2.05, 4.69) is 24.7 Å². The molecule has 0 aromatic heterocycles. The van der Waals surface area contributed by atoms with Gasteiger partial charge in [0.1, 0.15) is 0 Å². The largest absolute Gasteiger partial charge is 0.301 e. The maximum atomic E-state index is 4.13. The van der Waals surface area contributed by atoms with Gasteiger partial charge in [-0.1, -0.05) is 19.4 Å². The summed E-state index contributed by atoms with van der Waals surface area (Å²) in [7, 11) is 1.88. The predicted octanol–water partition coefficient (Wildman–Crippen LogP) is 3.32. The number of aliphatic imine (C=N–C) groups is 1. The fourth-order valence-corrected chi connectivity index (χ4v) is 2.52. The first-order valence-electron chi connectivity index (χ1n) is 5.36. The Labute approximate surface area is 82.0 Å². The van der Waals surface area contributed by atoms with Crippen molar-refractivity contribution in [2.24, 2.45) is 22.7 Å². The number of rotatable bonds is 5. The van der Waals surface area contributed by atoms with Crippen molar-refractivity contribution in [1.82, 2.24) is 0 Å². The van der Waals surface area contributed by atoms with Crippen molar-refractivity contribution in [3.8, 4) is 0 Å². The Hall–Kier alpha value is -0.590. The van der Waals surface area contributed by atoms with E-state index in [0.717, 1.165) is 17.8 Å². The molecule has 1 heteroatoms. The van der Waals surface area contributed by atoms with Crippen LogP contribution in [0.2, 0.25) is 0 Å². The van der Waals surface area contributed by atoms with E-state index in [0.29, 0.717) is 0 Å². The minimum Gasteiger partial charge on any atom is -0.301 e. The maximum Gasteiger partial charge on any atom is 0.0273 e. The molecule has 0 bridgehead atoms. The van der Waals surface area contributed by atoms with Crippen LogP contribution in [0.25, 0.3) is 0 Å². The Morgan fingerprint density at radius 2 is 2.31 bits per heavy atom. The van der Waals surface area contributed by atoms with Crippen LogP contribution in [-0.4, -0.2) is 13.3 Å². The van der Waals surface area contributed by atoms with Gasteiger partial charge in [-0.25, -0.2) is 0 Å². The summed E-state index contributed by atoms with van der Waals surface area (Å²) >= 11 is 0. The molecule has 3 atom stereocenters. The lowest BCUT2D eigenvalue weighted by Crippen LogP contribution is -2.37. The first-order valence-corrected chi connectivity index (χ1v) is 5.36. The fraction of sp³-hybridized carbons (Fsp3) is 0.750. The molecule has 0 aliphatic heterocycles. The Bertz CT molecular complexity index is 184. The van der Waals surface area contributed by atoms with E-state index in [4.69, 9.17) is 0 Å². The number of hydrogen-bond acceptors (Lipinski definition) is 1. The van der Waals surface area contributed by atoms with Gasteiger partial charge >= 0.3 is 0 Å². The molecule has 0 spiro atoms. The van der Waals surface area contributed by atoms with E-state index in [1.165, 1.54) is 25.7 Å². The molecule has 1 rings (SSSR count). The summed E-state index contributed by atoms with van der Waals surface area (Å²) < 4.78 is 0. The zero-order valence-corrected chi connectivity index (χ0v) is 8.87. The molecule has 0 N–H and O–H groups in total. The van der Waals surface area contributed by atoms with Crippen LogP contribution >= 0.6 is 0 Å².